The van der Waals surface area contributed by atoms with Crippen LogP contribution >= 0.6 is 0 Å². The maximum absolute atomic E-state index is 10.3. The zero-order chi connectivity index (χ0) is 9.02. The van der Waals surface area contributed by atoms with Crippen LogP contribution in [0.1, 0.15) is 0 Å². The zero-order valence-electron chi connectivity index (χ0n) is 6.43. The zero-order valence-corrected chi connectivity index (χ0v) is 8.43. The van der Waals surface area contributed by atoms with Crippen LogP contribution < -0.4 is 34.7 Å². The molecule has 0 rings (SSSR count). The predicted octanol–water partition coefficient (Wildman–Crippen LogP) is -6.98. The summed E-state index contributed by atoms with van der Waals surface area (Å²) >= 11 is 0. The van der Waals surface area contributed by atoms with Crippen LogP contribution in [0.3, 0.4) is 0 Å². The van der Waals surface area contributed by atoms with Crippen LogP contribution in [0.2, 0.25) is 0 Å². The SMILES string of the molecule is O=C([O-])C(=O)[C@@H](O)[C@@H](O)CO.[Na+]. The van der Waals surface area contributed by atoms with E-state index in [1.807, 2.05) is 0 Å². The summed E-state index contributed by atoms with van der Waals surface area (Å²) in [5, 5.41) is 35.0. The monoisotopic (exact) mass is 186 g/mol. The van der Waals surface area contributed by atoms with Crippen molar-refractivity contribution >= 4 is 11.8 Å². The smallest absolute Gasteiger partial charge is 0.542 e. The van der Waals surface area contributed by atoms with Crippen molar-refractivity contribution < 1.29 is 59.6 Å². The van der Waals surface area contributed by atoms with E-state index in [2.05, 4.69) is 0 Å². The number of carboxylic acids is 1. The number of carbonyl (C=O) groups is 2. The Balaban J connectivity index is 0. The van der Waals surface area contributed by atoms with Crippen LogP contribution in [-0.4, -0.2) is 45.9 Å². The first-order chi connectivity index (χ1) is 5.00. The van der Waals surface area contributed by atoms with Crippen LogP contribution in [0.15, 0.2) is 0 Å². The first-order valence-electron chi connectivity index (χ1n) is 2.73. The number of aliphatic hydroxyl groups is 3. The summed E-state index contributed by atoms with van der Waals surface area (Å²) in [6, 6.07) is 0. The Hall–Kier alpha value is 0.0200. The summed E-state index contributed by atoms with van der Waals surface area (Å²) in [5.74, 6) is -3.74. The number of aliphatic hydroxyl groups excluding tert-OH is 3. The van der Waals surface area contributed by atoms with Crippen molar-refractivity contribution in [2.24, 2.45) is 0 Å². The Morgan fingerprint density at radius 1 is 1.33 bits per heavy atom. The van der Waals surface area contributed by atoms with Crippen molar-refractivity contribution in [3.63, 3.8) is 0 Å². The van der Waals surface area contributed by atoms with E-state index >= 15 is 0 Å². The molecule has 64 valence electrons. The molecule has 12 heavy (non-hydrogen) atoms. The fraction of sp³-hybridized carbons (Fsp3) is 0.600. The van der Waals surface area contributed by atoms with E-state index in [0.717, 1.165) is 0 Å². The minimum absolute atomic E-state index is 0. The van der Waals surface area contributed by atoms with Crippen molar-refractivity contribution in [2.75, 3.05) is 6.61 Å². The Morgan fingerprint density at radius 3 is 2.00 bits per heavy atom. The van der Waals surface area contributed by atoms with Gasteiger partial charge in [0, 0.05) is 0 Å². The Kier molecular flexibility index (Phi) is 7.91. The molecule has 2 atom stereocenters. The van der Waals surface area contributed by atoms with Gasteiger partial charge in [0.25, 0.3) is 0 Å². The van der Waals surface area contributed by atoms with Gasteiger partial charge in [0.05, 0.1) is 6.61 Å². The molecule has 0 saturated heterocycles. The van der Waals surface area contributed by atoms with Gasteiger partial charge in [0.2, 0.25) is 5.78 Å². The van der Waals surface area contributed by atoms with Crippen LogP contribution in [0.4, 0.5) is 0 Å². The maximum Gasteiger partial charge on any atom is 1.00 e. The average Bonchev–Trinajstić information content (AvgIpc) is 2.00. The minimum Gasteiger partial charge on any atom is -0.542 e. The molecule has 0 saturated carbocycles. The third kappa shape index (κ3) is 4.15. The molecule has 0 aromatic heterocycles. The fourth-order valence-corrected chi connectivity index (χ4v) is 0.395. The molecule has 0 aliphatic heterocycles. The number of rotatable bonds is 4. The summed E-state index contributed by atoms with van der Waals surface area (Å²) in [6.07, 6.45) is -3.90. The van der Waals surface area contributed by atoms with Gasteiger partial charge in [-0.25, -0.2) is 0 Å². The first-order valence-corrected chi connectivity index (χ1v) is 2.73. The molecule has 0 radical (unpaired) electrons. The predicted molar refractivity (Wildman–Crippen MR) is 29.1 cm³/mol. The number of carbonyl (C=O) groups excluding carboxylic acids is 2. The van der Waals surface area contributed by atoms with E-state index in [1.165, 1.54) is 0 Å². The van der Waals surface area contributed by atoms with E-state index in [-0.39, 0.29) is 29.6 Å². The summed E-state index contributed by atoms with van der Waals surface area (Å²) in [7, 11) is 0. The van der Waals surface area contributed by atoms with E-state index in [4.69, 9.17) is 15.3 Å². The molecule has 0 heterocycles. The summed E-state index contributed by atoms with van der Waals surface area (Å²) in [4.78, 5) is 20.0. The van der Waals surface area contributed by atoms with Gasteiger partial charge in [-0.3, -0.25) is 4.79 Å². The van der Waals surface area contributed by atoms with Crippen molar-refractivity contribution in [1.82, 2.24) is 0 Å². The molecule has 3 N–H and O–H groups in total. The molecule has 0 aliphatic carbocycles. The number of ketones is 1. The quantitative estimate of drug-likeness (QED) is 0.296. The van der Waals surface area contributed by atoms with Gasteiger partial charge in [-0.1, -0.05) is 0 Å². The molecule has 0 aromatic rings. The standard InChI is InChI=1S/C5H8O6.Na/c6-1-2(7)3(8)4(9)5(10)11;/h2-3,6-8H,1H2,(H,10,11);/q;+1/p-1/t2-,3-;/m0./s1. The maximum atomic E-state index is 10.3. The van der Waals surface area contributed by atoms with Crippen LogP contribution in [0.25, 0.3) is 0 Å². The first kappa shape index (κ1) is 14.5. The van der Waals surface area contributed by atoms with Crippen LogP contribution in [0, 0.1) is 0 Å². The van der Waals surface area contributed by atoms with Gasteiger partial charge in [-0.15, -0.1) is 0 Å². The number of hydrogen-bond acceptors (Lipinski definition) is 6. The number of hydrogen-bond donors (Lipinski definition) is 3. The number of carboxylic acid groups (broad SMARTS) is 1. The second kappa shape index (κ2) is 6.53. The van der Waals surface area contributed by atoms with Gasteiger partial charge in [-0.2, -0.15) is 0 Å². The van der Waals surface area contributed by atoms with Gasteiger partial charge in [-0.05, 0) is 0 Å². The largest absolute Gasteiger partial charge is 1.00 e. The van der Waals surface area contributed by atoms with E-state index in [9.17, 15) is 14.7 Å². The fourth-order valence-electron chi connectivity index (χ4n) is 0.395. The van der Waals surface area contributed by atoms with Crippen LogP contribution in [-0.2, 0) is 9.59 Å². The molecule has 0 aromatic carbocycles. The van der Waals surface area contributed by atoms with Gasteiger partial charge < -0.3 is 25.2 Å². The second-order valence-corrected chi connectivity index (χ2v) is 1.85. The third-order valence-electron chi connectivity index (χ3n) is 1.02. The molecular weight excluding hydrogens is 179 g/mol. The Labute approximate surface area is 90.1 Å². The summed E-state index contributed by atoms with van der Waals surface area (Å²) in [6.45, 7) is -0.889. The third-order valence-corrected chi connectivity index (χ3v) is 1.02. The van der Waals surface area contributed by atoms with Gasteiger partial charge in [0.1, 0.15) is 18.2 Å². The van der Waals surface area contributed by atoms with Crippen LogP contribution in [0.5, 0.6) is 0 Å². The van der Waals surface area contributed by atoms with Gasteiger partial charge in [0.15, 0.2) is 0 Å². The summed E-state index contributed by atoms with van der Waals surface area (Å²) in [5.41, 5.74) is 0. The minimum atomic E-state index is -2.12. The molecule has 0 spiro atoms. The number of Topliss-reactive ketones (excluding diaryl/α,β-unsaturated/α-hetero) is 1. The van der Waals surface area contributed by atoms with Crippen molar-refractivity contribution in [3.8, 4) is 0 Å². The Bertz CT molecular complexity index is 169. The van der Waals surface area contributed by atoms with Gasteiger partial charge >= 0.3 is 29.6 Å². The molecule has 0 unspecified atom stereocenters. The van der Waals surface area contributed by atoms with Crippen molar-refractivity contribution in [2.45, 2.75) is 12.2 Å². The molecule has 6 nitrogen and oxygen atoms in total. The molecule has 0 fully saturated rings. The molecular formula is C5H7NaO6. The van der Waals surface area contributed by atoms with E-state index in [0.29, 0.717) is 0 Å². The topological polar surface area (TPSA) is 118 Å². The normalized spacial score (nSPS) is 14.2. The van der Waals surface area contributed by atoms with E-state index in [1.54, 1.807) is 0 Å². The van der Waals surface area contributed by atoms with Crippen molar-refractivity contribution in [1.29, 1.82) is 0 Å². The molecule has 7 heteroatoms. The number of aliphatic carboxylic acids is 1. The molecule has 0 aliphatic rings. The molecule has 0 bridgehead atoms. The van der Waals surface area contributed by atoms with Crippen molar-refractivity contribution in [3.05, 3.63) is 0 Å². The van der Waals surface area contributed by atoms with E-state index < -0.39 is 30.6 Å². The average molecular weight is 186 g/mol. The Morgan fingerprint density at radius 2 is 1.75 bits per heavy atom. The molecule has 0 amide bonds. The second-order valence-electron chi connectivity index (χ2n) is 1.85. The summed E-state index contributed by atoms with van der Waals surface area (Å²) < 4.78 is 0.